The number of halogens is 3. The normalized spacial score (nSPS) is 15.9. The molecule has 0 radical (unpaired) electrons. The molecular formula is C15H14F3N3. The van der Waals surface area contributed by atoms with Crippen molar-refractivity contribution in [3.8, 4) is 5.69 Å². The number of para-hydroxylation sites is 1. The van der Waals surface area contributed by atoms with Crippen molar-refractivity contribution in [3.05, 3.63) is 48.1 Å². The first-order valence-electron chi connectivity index (χ1n) is 6.85. The van der Waals surface area contributed by atoms with Crippen LogP contribution in [0.2, 0.25) is 0 Å². The van der Waals surface area contributed by atoms with Crippen LogP contribution in [0, 0.1) is 0 Å². The summed E-state index contributed by atoms with van der Waals surface area (Å²) in [5.74, 6) is -0.791. The molecule has 110 valence electrons. The van der Waals surface area contributed by atoms with Gasteiger partial charge in [-0.25, -0.2) is 9.67 Å². The molecule has 0 amide bonds. The minimum Gasteiger partial charge on any atom is -0.213 e. The van der Waals surface area contributed by atoms with Crippen molar-refractivity contribution in [1.29, 1.82) is 0 Å². The second-order valence-corrected chi connectivity index (χ2v) is 4.98. The van der Waals surface area contributed by atoms with E-state index < -0.39 is 12.0 Å². The SMILES string of the molecule is FC(F)(F)c1nc(C2=CCCCC2)n(-c2ccccc2)n1. The van der Waals surface area contributed by atoms with E-state index in [9.17, 15) is 13.2 Å². The van der Waals surface area contributed by atoms with Crippen molar-refractivity contribution in [2.75, 3.05) is 0 Å². The molecule has 1 aliphatic rings. The van der Waals surface area contributed by atoms with E-state index in [1.54, 1.807) is 24.3 Å². The molecule has 0 N–H and O–H groups in total. The van der Waals surface area contributed by atoms with E-state index in [-0.39, 0.29) is 0 Å². The van der Waals surface area contributed by atoms with Crippen LogP contribution >= 0.6 is 0 Å². The topological polar surface area (TPSA) is 30.7 Å². The monoisotopic (exact) mass is 293 g/mol. The highest BCUT2D eigenvalue weighted by atomic mass is 19.4. The first-order valence-corrected chi connectivity index (χ1v) is 6.85. The maximum atomic E-state index is 12.9. The molecule has 6 heteroatoms. The van der Waals surface area contributed by atoms with Crippen LogP contribution in [0.15, 0.2) is 36.4 Å². The number of allylic oxidation sites excluding steroid dienone is 2. The van der Waals surface area contributed by atoms with Crippen molar-refractivity contribution in [3.63, 3.8) is 0 Å². The van der Waals surface area contributed by atoms with E-state index in [2.05, 4.69) is 10.1 Å². The van der Waals surface area contributed by atoms with Gasteiger partial charge in [0.25, 0.3) is 5.82 Å². The second-order valence-electron chi connectivity index (χ2n) is 4.98. The van der Waals surface area contributed by atoms with Crippen LogP contribution in [0.5, 0.6) is 0 Å². The van der Waals surface area contributed by atoms with Crippen molar-refractivity contribution in [2.24, 2.45) is 0 Å². The van der Waals surface area contributed by atoms with Gasteiger partial charge in [0.1, 0.15) is 0 Å². The van der Waals surface area contributed by atoms with Crippen LogP contribution in [0.1, 0.15) is 37.3 Å². The van der Waals surface area contributed by atoms with Crippen molar-refractivity contribution in [1.82, 2.24) is 14.8 Å². The van der Waals surface area contributed by atoms with Gasteiger partial charge in [0.05, 0.1) is 5.69 Å². The molecule has 0 saturated carbocycles. The average Bonchev–Trinajstić information content (AvgIpc) is 2.94. The van der Waals surface area contributed by atoms with Gasteiger partial charge in [0.2, 0.25) is 0 Å². The van der Waals surface area contributed by atoms with E-state index in [0.29, 0.717) is 11.5 Å². The number of hydrogen-bond donors (Lipinski definition) is 0. The quantitative estimate of drug-likeness (QED) is 0.829. The maximum absolute atomic E-state index is 12.9. The minimum absolute atomic E-state index is 0.299. The Morgan fingerprint density at radius 3 is 2.43 bits per heavy atom. The third kappa shape index (κ3) is 2.84. The molecule has 1 aliphatic carbocycles. The fourth-order valence-corrected chi connectivity index (χ4v) is 2.43. The summed E-state index contributed by atoms with van der Waals surface area (Å²) in [6.07, 6.45) is 1.07. The minimum atomic E-state index is -4.54. The van der Waals surface area contributed by atoms with Crippen molar-refractivity contribution >= 4 is 5.57 Å². The molecular weight excluding hydrogens is 279 g/mol. The van der Waals surface area contributed by atoms with Gasteiger partial charge >= 0.3 is 6.18 Å². The van der Waals surface area contributed by atoms with E-state index in [4.69, 9.17) is 0 Å². The zero-order valence-electron chi connectivity index (χ0n) is 11.3. The first-order chi connectivity index (χ1) is 10.1. The fourth-order valence-electron chi connectivity index (χ4n) is 2.43. The van der Waals surface area contributed by atoms with Crippen LogP contribution in [-0.2, 0) is 6.18 Å². The van der Waals surface area contributed by atoms with Gasteiger partial charge in [-0.2, -0.15) is 13.2 Å². The molecule has 3 nitrogen and oxygen atoms in total. The van der Waals surface area contributed by atoms with Gasteiger partial charge in [-0.15, -0.1) is 5.10 Å². The smallest absolute Gasteiger partial charge is 0.213 e. The van der Waals surface area contributed by atoms with Crippen LogP contribution in [0.25, 0.3) is 11.3 Å². The molecule has 0 atom stereocenters. The Labute approximate surface area is 120 Å². The van der Waals surface area contributed by atoms with Gasteiger partial charge in [0.15, 0.2) is 5.82 Å². The molecule has 0 fully saturated rings. The van der Waals surface area contributed by atoms with Crippen LogP contribution < -0.4 is 0 Å². The first kappa shape index (κ1) is 13.9. The van der Waals surface area contributed by atoms with Gasteiger partial charge in [0, 0.05) is 0 Å². The Bertz CT molecular complexity index is 657. The van der Waals surface area contributed by atoms with Crippen LogP contribution in [-0.4, -0.2) is 14.8 Å². The number of hydrogen-bond acceptors (Lipinski definition) is 2. The lowest BCUT2D eigenvalue weighted by Gasteiger charge is -2.13. The number of aromatic nitrogens is 3. The Morgan fingerprint density at radius 1 is 1.05 bits per heavy atom. The number of rotatable bonds is 2. The van der Waals surface area contributed by atoms with Gasteiger partial charge < -0.3 is 0 Å². The third-order valence-electron chi connectivity index (χ3n) is 3.44. The number of alkyl halides is 3. The summed E-state index contributed by atoms with van der Waals surface area (Å²) in [5.41, 5.74) is 1.43. The Kier molecular flexibility index (Phi) is 3.53. The van der Waals surface area contributed by atoms with E-state index in [1.807, 2.05) is 12.1 Å². The molecule has 0 unspecified atom stereocenters. The van der Waals surface area contributed by atoms with E-state index in [1.165, 1.54) is 4.68 Å². The summed E-state index contributed by atoms with van der Waals surface area (Å²) in [5, 5.41) is 3.67. The Hall–Kier alpha value is -2.11. The van der Waals surface area contributed by atoms with Gasteiger partial charge in [-0.1, -0.05) is 24.3 Å². The molecule has 21 heavy (non-hydrogen) atoms. The molecule has 1 heterocycles. The molecule has 0 spiro atoms. The molecule has 0 saturated heterocycles. The highest BCUT2D eigenvalue weighted by Gasteiger charge is 2.37. The summed E-state index contributed by atoms with van der Waals surface area (Å²) < 4.78 is 40.0. The van der Waals surface area contributed by atoms with E-state index in [0.717, 1.165) is 31.3 Å². The van der Waals surface area contributed by atoms with Gasteiger partial charge in [-0.05, 0) is 43.4 Å². The lowest BCUT2D eigenvalue weighted by atomic mass is 9.99. The number of nitrogens with zero attached hydrogens (tertiary/aromatic N) is 3. The zero-order chi connectivity index (χ0) is 14.9. The highest BCUT2D eigenvalue weighted by molar-refractivity contribution is 5.62. The van der Waals surface area contributed by atoms with Crippen molar-refractivity contribution in [2.45, 2.75) is 31.9 Å². The summed E-state index contributed by atoms with van der Waals surface area (Å²) in [6, 6.07) is 8.79. The molecule has 2 aromatic rings. The Balaban J connectivity index is 2.13. The summed E-state index contributed by atoms with van der Waals surface area (Å²) in [7, 11) is 0. The third-order valence-corrected chi connectivity index (χ3v) is 3.44. The van der Waals surface area contributed by atoms with Crippen LogP contribution in [0.3, 0.4) is 0 Å². The summed E-state index contributed by atoms with van der Waals surface area (Å²) >= 11 is 0. The average molecular weight is 293 g/mol. The zero-order valence-corrected chi connectivity index (χ0v) is 11.3. The molecule has 3 rings (SSSR count). The molecule has 1 aromatic heterocycles. The van der Waals surface area contributed by atoms with Crippen molar-refractivity contribution < 1.29 is 13.2 Å². The predicted octanol–water partition coefficient (Wildman–Crippen LogP) is 4.24. The molecule has 0 aliphatic heterocycles. The largest absolute Gasteiger partial charge is 0.453 e. The Morgan fingerprint density at radius 2 is 1.81 bits per heavy atom. The molecule has 0 bridgehead atoms. The predicted molar refractivity (Wildman–Crippen MR) is 72.8 cm³/mol. The lowest BCUT2D eigenvalue weighted by Crippen LogP contribution is -2.08. The lowest BCUT2D eigenvalue weighted by molar-refractivity contribution is -0.144. The van der Waals surface area contributed by atoms with E-state index >= 15 is 0 Å². The maximum Gasteiger partial charge on any atom is 0.453 e. The standard InChI is InChI=1S/C15H14F3N3/c16-15(17,18)14-19-13(11-7-3-1-4-8-11)21(20-14)12-9-5-2-6-10-12/h2,5-7,9-10H,1,3-4,8H2. The summed E-state index contributed by atoms with van der Waals surface area (Å²) in [6.45, 7) is 0. The van der Waals surface area contributed by atoms with Gasteiger partial charge in [-0.3, -0.25) is 0 Å². The second kappa shape index (κ2) is 5.35. The highest BCUT2D eigenvalue weighted by Crippen LogP contribution is 2.31. The van der Waals surface area contributed by atoms with Crippen LogP contribution in [0.4, 0.5) is 13.2 Å². The molecule has 1 aromatic carbocycles. The summed E-state index contributed by atoms with van der Waals surface area (Å²) in [4.78, 5) is 3.74. The number of benzene rings is 1. The fraction of sp³-hybridized carbons (Fsp3) is 0.333.